The number of imidazole rings is 1. The lowest BCUT2D eigenvalue weighted by molar-refractivity contribution is -0.167. The van der Waals surface area contributed by atoms with Gasteiger partial charge in [0.25, 0.3) is 5.91 Å². The van der Waals surface area contributed by atoms with Gasteiger partial charge in [-0.1, -0.05) is 46.1 Å². The van der Waals surface area contributed by atoms with E-state index in [1.807, 2.05) is 43.7 Å². The van der Waals surface area contributed by atoms with Gasteiger partial charge in [-0.15, -0.1) is 0 Å². The molecule has 2 heterocycles. The van der Waals surface area contributed by atoms with Crippen LogP contribution in [-0.2, 0) is 37.3 Å². The summed E-state index contributed by atoms with van der Waals surface area (Å²) in [5.74, 6) is 0.192. The van der Waals surface area contributed by atoms with Gasteiger partial charge in [0.2, 0.25) is 6.29 Å². The van der Waals surface area contributed by atoms with E-state index in [9.17, 15) is 19.2 Å². The second-order valence-corrected chi connectivity index (χ2v) is 12.9. The fourth-order valence-corrected chi connectivity index (χ4v) is 5.23. The summed E-state index contributed by atoms with van der Waals surface area (Å²) in [4.78, 5) is 64.7. The molecule has 15 heteroatoms. The molecule has 15 nitrogen and oxygen atoms in total. The second-order valence-electron chi connectivity index (χ2n) is 12.9. The van der Waals surface area contributed by atoms with Gasteiger partial charge >= 0.3 is 18.2 Å². The lowest BCUT2D eigenvalue weighted by Gasteiger charge is -2.22. The van der Waals surface area contributed by atoms with Crippen LogP contribution in [0.1, 0.15) is 81.5 Å². The normalized spacial score (nSPS) is 11.9. The van der Waals surface area contributed by atoms with E-state index in [2.05, 4.69) is 22.2 Å². The number of unbranched alkanes of at least 4 members (excludes halogenated alkanes) is 3. The van der Waals surface area contributed by atoms with E-state index in [-0.39, 0.29) is 31.3 Å². The Morgan fingerprint density at radius 1 is 0.944 bits per heavy atom. The maximum absolute atomic E-state index is 13.9. The van der Waals surface area contributed by atoms with Crippen molar-refractivity contribution in [2.24, 2.45) is 23.7 Å². The molecule has 0 aliphatic heterocycles. The number of carbonyl (C=O) groups is 4. The first-order valence-electron chi connectivity index (χ1n) is 18.0. The minimum atomic E-state index is -1.17. The minimum absolute atomic E-state index is 0.0475. The predicted molar refractivity (Wildman–Crippen MR) is 204 cm³/mol. The molecule has 1 atom stereocenters. The van der Waals surface area contributed by atoms with Crippen molar-refractivity contribution in [3.63, 3.8) is 0 Å². The number of ether oxygens (including phenoxy) is 4. The Morgan fingerprint density at radius 3 is 2.41 bits per heavy atom. The average molecular weight is 744 g/mol. The number of aryl methyl sites for hydroxylation is 1. The lowest BCUT2D eigenvalue weighted by atomic mass is 10.1. The number of esters is 1. The van der Waals surface area contributed by atoms with Crippen LogP contribution >= 0.6 is 0 Å². The summed E-state index contributed by atoms with van der Waals surface area (Å²) in [5.41, 5.74) is 9.18. The van der Waals surface area contributed by atoms with Crippen molar-refractivity contribution in [3.8, 4) is 0 Å². The highest BCUT2D eigenvalue weighted by molar-refractivity contribution is 6.07. The molecule has 1 unspecified atom stereocenters. The van der Waals surface area contributed by atoms with Crippen molar-refractivity contribution in [3.05, 3.63) is 83.8 Å². The van der Waals surface area contributed by atoms with E-state index < -0.39 is 30.4 Å². The molecule has 0 radical (unpaired) electrons. The number of nitrogens with zero attached hydrogens (tertiary/aromatic N) is 5. The average Bonchev–Trinajstić information content (AvgIpc) is 3.47. The number of aliphatic imine (C=N–C) groups is 1. The van der Waals surface area contributed by atoms with Crippen LogP contribution in [0.2, 0.25) is 0 Å². The van der Waals surface area contributed by atoms with Crippen LogP contribution in [0.15, 0.2) is 71.9 Å². The molecule has 4 aromatic rings. The molecule has 3 N–H and O–H groups in total. The Bertz CT molecular complexity index is 1890. The number of amides is 2. The Morgan fingerprint density at radius 2 is 1.70 bits per heavy atom. The molecule has 4 rings (SSSR count). The number of hydrogen-bond acceptors (Lipinski definition) is 11. The second kappa shape index (κ2) is 20.3. The van der Waals surface area contributed by atoms with Crippen LogP contribution in [0.25, 0.3) is 11.0 Å². The summed E-state index contributed by atoms with van der Waals surface area (Å²) in [5, 5.41) is 3.34. The third kappa shape index (κ3) is 12.3. The van der Waals surface area contributed by atoms with Crippen molar-refractivity contribution >= 4 is 52.5 Å². The number of anilines is 2. The molecule has 2 aromatic carbocycles. The molecule has 0 fully saturated rings. The van der Waals surface area contributed by atoms with E-state index in [1.54, 1.807) is 48.7 Å². The van der Waals surface area contributed by atoms with Gasteiger partial charge in [0, 0.05) is 43.5 Å². The number of benzene rings is 2. The molecule has 0 spiro atoms. The van der Waals surface area contributed by atoms with E-state index in [1.165, 1.54) is 11.8 Å². The molecule has 0 aliphatic rings. The molecule has 0 saturated heterocycles. The molecule has 0 aliphatic carbocycles. The summed E-state index contributed by atoms with van der Waals surface area (Å²) in [7, 11) is 1.89. The highest BCUT2D eigenvalue weighted by Gasteiger charge is 2.23. The van der Waals surface area contributed by atoms with Gasteiger partial charge in [0.15, 0.2) is 0 Å². The first-order valence-corrected chi connectivity index (χ1v) is 18.0. The zero-order valence-electron chi connectivity index (χ0n) is 31.4. The van der Waals surface area contributed by atoms with Crippen LogP contribution in [0.5, 0.6) is 0 Å². The van der Waals surface area contributed by atoms with Gasteiger partial charge in [0.1, 0.15) is 17.5 Å². The Kier molecular flexibility index (Phi) is 15.3. The lowest BCUT2D eigenvalue weighted by Crippen LogP contribution is -2.34. The molecule has 54 heavy (non-hydrogen) atoms. The summed E-state index contributed by atoms with van der Waals surface area (Å²) in [6, 6.07) is 17.5. The number of rotatable bonds is 18. The van der Waals surface area contributed by atoms with Gasteiger partial charge in [-0.3, -0.25) is 14.5 Å². The first-order chi connectivity index (χ1) is 25.9. The summed E-state index contributed by atoms with van der Waals surface area (Å²) >= 11 is 0. The number of nitrogens with one attached hydrogen (secondary N) is 1. The number of amidine groups is 1. The van der Waals surface area contributed by atoms with Crippen LogP contribution in [0.3, 0.4) is 0 Å². The largest absolute Gasteiger partial charge is 0.511 e. The minimum Gasteiger partial charge on any atom is -0.448 e. The number of nitrogens with two attached hydrogens (primary N) is 1. The van der Waals surface area contributed by atoms with Gasteiger partial charge < -0.3 is 34.6 Å². The van der Waals surface area contributed by atoms with Gasteiger partial charge in [-0.05, 0) is 66.9 Å². The molecular weight excluding hydrogens is 694 g/mol. The third-order valence-corrected chi connectivity index (χ3v) is 8.09. The Labute approximate surface area is 314 Å². The monoisotopic (exact) mass is 743 g/mol. The van der Waals surface area contributed by atoms with Gasteiger partial charge in [0.05, 0.1) is 37.2 Å². The standard InChI is InChI=1S/C39H49N7O8/c1-6-7-8-11-22-51-38(49)44-36(40)28-13-16-30(17-14-28)42-24-34-43-31-23-29(15-18-32(31)45(34)5)37(48)46(33-12-9-10-20-41-33)21-19-35(47)53-27(4)54-39(50)52-25-26(2)3/h9-10,12-18,20,23,26-27,42H,6-8,11,19,21-22,24-25H2,1-5H3,(H2,40,44,49). The summed E-state index contributed by atoms with van der Waals surface area (Å²) in [6.45, 7) is 8.10. The first kappa shape index (κ1) is 40.8. The van der Waals surface area contributed by atoms with Crippen molar-refractivity contribution < 1.29 is 38.1 Å². The van der Waals surface area contributed by atoms with E-state index in [0.717, 1.165) is 42.7 Å². The molecule has 0 bridgehead atoms. The Balaban J connectivity index is 1.37. The molecule has 2 aromatic heterocycles. The number of pyridine rings is 1. The van der Waals surface area contributed by atoms with Crippen molar-refractivity contribution in [1.29, 1.82) is 0 Å². The summed E-state index contributed by atoms with van der Waals surface area (Å²) < 4.78 is 22.2. The van der Waals surface area contributed by atoms with E-state index in [0.29, 0.717) is 35.6 Å². The maximum atomic E-state index is 13.9. The van der Waals surface area contributed by atoms with Crippen molar-refractivity contribution in [2.45, 2.75) is 72.6 Å². The van der Waals surface area contributed by atoms with Gasteiger partial charge in [-0.2, -0.15) is 4.99 Å². The van der Waals surface area contributed by atoms with Crippen LogP contribution in [-0.4, -0.2) is 70.5 Å². The number of carbonyl (C=O) groups excluding carboxylic acids is 4. The quantitative estimate of drug-likeness (QED) is 0.0273. The highest BCUT2D eigenvalue weighted by Crippen LogP contribution is 2.22. The molecule has 2 amide bonds. The molecule has 288 valence electrons. The molecule has 0 saturated carbocycles. The SMILES string of the molecule is CCCCCCOC(=O)/N=C(/N)c1ccc(NCc2nc3cc(C(=O)N(CCC(=O)OC(C)OC(=O)OCC(C)C)c4ccccn4)ccc3n2C)cc1. The van der Waals surface area contributed by atoms with E-state index in [4.69, 9.17) is 29.7 Å². The topological polar surface area (TPSA) is 190 Å². The molecular formula is C39H49N7O8. The van der Waals surface area contributed by atoms with Crippen molar-refractivity contribution in [2.75, 3.05) is 30.0 Å². The maximum Gasteiger partial charge on any atom is 0.511 e. The van der Waals surface area contributed by atoms with E-state index >= 15 is 0 Å². The van der Waals surface area contributed by atoms with Crippen LogP contribution < -0.4 is 16.0 Å². The highest BCUT2D eigenvalue weighted by atomic mass is 16.8. The Hall–Kier alpha value is -5.99. The fourth-order valence-electron chi connectivity index (χ4n) is 5.23. The predicted octanol–water partition coefficient (Wildman–Crippen LogP) is 6.74. The van der Waals surface area contributed by atoms with Crippen LogP contribution in [0, 0.1) is 5.92 Å². The van der Waals surface area contributed by atoms with Crippen LogP contribution in [0.4, 0.5) is 21.1 Å². The number of fused-ring (bicyclic) bond motifs is 1. The van der Waals surface area contributed by atoms with Gasteiger partial charge in [-0.25, -0.2) is 19.6 Å². The zero-order valence-corrected chi connectivity index (χ0v) is 31.4. The number of aromatic nitrogens is 3. The van der Waals surface area contributed by atoms with Crippen molar-refractivity contribution in [1.82, 2.24) is 14.5 Å². The zero-order chi connectivity index (χ0) is 39.0. The fraction of sp³-hybridized carbons (Fsp3) is 0.410. The summed E-state index contributed by atoms with van der Waals surface area (Å²) in [6.07, 6.45) is 2.53. The smallest absolute Gasteiger partial charge is 0.448 e. The third-order valence-electron chi connectivity index (χ3n) is 8.09. The number of hydrogen-bond donors (Lipinski definition) is 2.